The highest BCUT2D eigenvalue weighted by Gasteiger charge is 2.07. The number of benzene rings is 2. The first-order chi connectivity index (χ1) is 11.6. The van der Waals surface area contributed by atoms with Gasteiger partial charge in [-0.05, 0) is 43.3 Å². The van der Waals surface area contributed by atoms with E-state index in [1.165, 1.54) is 0 Å². The van der Waals surface area contributed by atoms with E-state index in [1.54, 1.807) is 62.6 Å². The van der Waals surface area contributed by atoms with E-state index >= 15 is 0 Å². The fourth-order valence-electron chi connectivity index (χ4n) is 1.95. The molecule has 0 radical (unpaired) electrons. The van der Waals surface area contributed by atoms with Crippen LogP contribution in [0.15, 0.2) is 59.7 Å². The molecular formula is C18H19N3O3. The molecule has 6 heteroatoms. The summed E-state index contributed by atoms with van der Waals surface area (Å²) >= 11 is 0. The number of anilines is 1. The van der Waals surface area contributed by atoms with Gasteiger partial charge in [-0.2, -0.15) is 5.10 Å². The standard InChI is InChI=1S/C18H19N3O3/c1-13(20-21-18(23)14-6-4-3-5-7-14)12-17(22)19-15-8-10-16(24-2)11-9-15/h3-11H,12H2,1-2H3,(H,19,22)(H,21,23)/b20-13-. The van der Waals surface area contributed by atoms with Crippen LogP contribution in [0.3, 0.4) is 0 Å². The van der Waals surface area contributed by atoms with Gasteiger partial charge in [-0.1, -0.05) is 18.2 Å². The van der Waals surface area contributed by atoms with Crippen molar-refractivity contribution in [1.29, 1.82) is 0 Å². The quantitative estimate of drug-likeness (QED) is 0.633. The maximum atomic E-state index is 12.0. The Morgan fingerprint density at radius 3 is 2.33 bits per heavy atom. The number of rotatable bonds is 6. The monoisotopic (exact) mass is 325 g/mol. The summed E-state index contributed by atoms with van der Waals surface area (Å²) in [5.41, 5.74) is 4.12. The molecule has 0 bridgehead atoms. The van der Waals surface area contributed by atoms with Crippen LogP contribution in [0.4, 0.5) is 5.69 Å². The maximum absolute atomic E-state index is 12.0. The predicted molar refractivity (Wildman–Crippen MR) is 93.3 cm³/mol. The molecule has 2 rings (SSSR count). The fraction of sp³-hybridized carbons (Fsp3) is 0.167. The number of ether oxygens (including phenoxy) is 1. The third-order valence-corrected chi connectivity index (χ3v) is 3.17. The van der Waals surface area contributed by atoms with E-state index in [-0.39, 0.29) is 18.2 Å². The summed E-state index contributed by atoms with van der Waals surface area (Å²) in [5, 5.41) is 6.70. The van der Waals surface area contributed by atoms with Crippen molar-refractivity contribution in [2.75, 3.05) is 12.4 Å². The third-order valence-electron chi connectivity index (χ3n) is 3.17. The van der Waals surface area contributed by atoms with Gasteiger partial charge in [-0.15, -0.1) is 0 Å². The summed E-state index contributed by atoms with van der Waals surface area (Å²) in [6.07, 6.45) is 0.0844. The zero-order valence-electron chi connectivity index (χ0n) is 13.6. The zero-order valence-corrected chi connectivity index (χ0v) is 13.6. The summed E-state index contributed by atoms with van der Waals surface area (Å²) in [6.45, 7) is 1.68. The lowest BCUT2D eigenvalue weighted by Crippen LogP contribution is -2.21. The van der Waals surface area contributed by atoms with Crippen molar-refractivity contribution in [3.05, 3.63) is 60.2 Å². The van der Waals surface area contributed by atoms with Crippen molar-refractivity contribution in [3.8, 4) is 5.75 Å². The lowest BCUT2D eigenvalue weighted by atomic mass is 10.2. The van der Waals surface area contributed by atoms with Gasteiger partial charge in [-0.25, -0.2) is 5.43 Å². The molecule has 0 heterocycles. The van der Waals surface area contributed by atoms with Crippen LogP contribution < -0.4 is 15.5 Å². The number of nitrogens with one attached hydrogen (secondary N) is 2. The lowest BCUT2D eigenvalue weighted by molar-refractivity contribution is -0.115. The fourth-order valence-corrected chi connectivity index (χ4v) is 1.95. The minimum atomic E-state index is -0.314. The average Bonchev–Trinajstić information content (AvgIpc) is 2.61. The third kappa shape index (κ3) is 5.24. The highest BCUT2D eigenvalue weighted by Crippen LogP contribution is 2.15. The van der Waals surface area contributed by atoms with Gasteiger partial charge in [0, 0.05) is 17.0 Å². The van der Waals surface area contributed by atoms with Crippen molar-refractivity contribution in [2.24, 2.45) is 5.10 Å². The molecule has 2 amide bonds. The Bertz CT molecular complexity index is 725. The van der Waals surface area contributed by atoms with Crippen LogP contribution in [0.25, 0.3) is 0 Å². The Morgan fingerprint density at radius 1 is 1.04 bits per heavy atom. The lowest BCUT2D eigenvalue weighted by Gasteiger charge is -2.06. The number of carbonyl (C=O) groups excluding carboxylic acids is 2. The van der Waals surface area contributed by atoms with Gasteiger partial charge in [0.15, 0.2) is 0 Å². The number of hydrogen-bond donors (Lipinski definition) is 2. The van der Waals surface area contributed by atoms with E-state index < -0.39 is 0 Å². The van der Waals surface area contributed by atoms with Gasteiger partial charge in [0.1, 0.15) is 5.75 Å². The molecule has 2 N–H and O–H groups in total. The van der Waals surface area contributed by atoms with Crippen LogP contribution in [-0.2, 0) is 4.79 Å². The highest BCUT2D eigenvalue weighted by atomic mass is 16.5. The van der Waals surface area contributed by atoms with Crippen molar-refractivity contribution in [3.63, 3.8) is 0 Å². The SMILES string of the molecule is COc1ccc(NC(=O)C/C(C)=N\NC(=O)c2ccccc2)cc1. The smallest absolute Gasteiger partial charge is 0.271 e. The molecular weight excluding hydrogens is 306 g/mol. The molecule has 0 saturated heterocycles. The molecule has 0 unspecified atom stereocenters. The van der Waals surface area contributed by atoms with Crippen LogP contribution >= 0.6 is 0 Å². The molecule has 2 aromatic rings. The van der Waals surface area contributed by atoms with Crippen molar-refractivity contribution < 1.29 is 14.3 Å². The van der Waals surface area contributed by atoms with Crippen molar-refractivity contribution in [2.45, 2.75) is 13.3 Å². The summed E-state index contributed by atoms with van der Waals surface area (Å²) < 4.78 is 5.06. The zero-order chi connectivity index (χ0) is 17.4. The van der Waals surface area contributed by atoms with E-state index in [0.717, 1.165) is 5.75 Å². The maximum Gasteiger partial charge on any atom is 0.271 e. The van der Waals surface area contributed by atoms with Gasteiger partial charge >= 0.3 is 0 Å². The normalized spacial score (nSPS) is 10.8. The number of carbonyl (C=O) groups is 2. The van der Waals surface area contributed by atoms with Crippen LogP contribution in [0.5, 0.6) is 5.75 Å². The van der Waals surface area contributed by atoms with E-state index in [2.05, 4.69) is 15.8 Å². The number of hydrogen-bond acceptors (Lipinski definition) is 4. The number of amides is 2. The average molecular weight is 325 g/mol. The topological polar surface area (TPSA) is 79.8 Å². The Kier molecular flexibility index (Phi) is 6.08. The van der Waals surface area contributed by atoms with Crippen molar-refractivity contribution in [1.82, 2.24) is 5.43 Å². The Hall–Kier alpha value is -3.15. The first kappa shape index (κ1) is 17.2. The Balaban J connectivity index is 1.85. The number of methoxy groups -OCH3 is 1. The molecule has 0 aliphatic carbocycles. The Morgan fingerprint density at radius 2 is 1.71 bits per heavy atom. The summed E-state index contributed by atoms with van der Waals surface area (Å²) in [6, 6.07) is 15.8. The second kappa shape index (κ2) is 8.47. The largest absolute Gasteiger partial charge is 0.497 e. The van der Waals surface area contributed by atoms with E-state index in [0.29, 0.717) is 17.0 Å². The number of hydrazone groups is 1. The molecule has 6 nitrogen and oxygen atoms in total. The molecule has 0 spiro atoms. The van der Waals surface area contributed by atoms with Gasteiger partial charge in [0.2, 0.25) is 5.91 Å². The van der Waals surface area contributed by atoms with Crippen LogP contribution in [0.2, 0.25) is 0 Å². The Labute approximate surface area is 140 Å². The van der Waals surface area contributed by atoms with Crippen molar-refractivity contribution >= 4 is 23.2 Å². The molecule has 0 saturated carbocycles. The first-order valence-corrected chi connectivity index (χ1v) is 7.41. The van der Waals surface area contributed by atoms with Crippen LogP contribution in [0.1, 0.15) is 23.7 Å². The molecule has 0 fully saturated rings. The van der Waals surface area contributed by atoms with Gasteiger partial charge in [-0.3, -0.25) is 9.59 Å². The summed E-state index contributed by atoms with van der Waals surface area (Å²) in [5.74, 6) is 0.190. The summed E-state index contributed by atoms with van der Waals surface area (Å²) in [7, 11) is 1.58. The molecule has 2 aromatic carbocycles. The van der Waals surface area contributed by atoms with E-state index in [4.69, 9.17) is 4.74 Å². The molecule has 124 valence electrons. The number of nitrogens with zero attached hydrogens (tertiary/aromatic N) is 1. The summed E-state index contributed by atoms with van der Waals surface area (Å²) in [4.78, 5) is 23.8. The van der Waals surface area contributed by atoms with Gasteiger partial charge in [0.05, 0.1) is 13.5 Å². The minimum absolute atomic E-state index is 0.0844. The highest BCUT2D eigenvalue weighted by molar-refractivity contribution is 6.06. The van der Waals surface area contributed by atoms with E-state index in [1.807, 2.05) is 6.07 Å². The molecule has 0 aromatic heterocycles. The van der Waals surface area contributed by atoms with E-state index in [9.17, 15) is 9.59 Å². The van der Waals surface area contributed by atoms with Gasteiger partial charge < -0.3 is 10.1 Å². The van der Waals surface area contributed by atoms with Crippen LogP contribution in [0, 0.1) is 0 Å². The second-order valence-corrected chi connectivity index (χ2v) is 5.11. The molecule has 24 heavy (non-hydrogen) atoms. The first-order valence-electron chi connectivity index (χ1n) is 7.41. The predicted octanol–water partition coefficient (Wildman–Crippen LogP) is 2.83. The molecule has 0 aliphatic rings. The van der Waals surface area contributed by atoms with Crippen LogP contribution in [-0.4, -0.2) is 24.6 Å². The van der Waals surface area contributed by atoms with Gasteiger partial charge in [0.25, 0.3) is 5.91 Å². The molecule has 0 aliphatic heterocycles. The second-order valence-electron chi connectivity index (χ2n) is 5.11. The minimum Gasteiger partial charge on any atom is -0.497 e. The molecule has 0 atom stereocenters.